The third-order valence-electron chi connectivity index (χ3n) is 2.40. The second-order valence-corrected chi connectivity index (χ2v) is 3.50. The molecular weight excluding hydrogens is 218 g/mol. The number of fused-ring (bicyclic) bond motifs is 1. The van der Waals surface area contributed by atoms with E-state index in [-0.39, 0.29) is 5.97 Å². The Balaban J connectivity index is 2.44. The summed E-state index contributed by atoms with van der Waals surface area (Å²) in [5.74, 6) is 0.343. The molecule has 0 fully saturated rings. The molecule has 0 spiro atoms. The average molecular weight is 231 g/mol. The molecule has 0 aliphatic carbocycles. The Kier molecular flexibility index (Phi) is 3.23. The summed E-state index contributed by atoms with van der Waals surface area (Å²) in [6.45, 7) is 2.15. The molecule has 0 amide bonds. The zero-order valence-corrected chi connectivity index (χ0v) is 9.77. The van der Waals surface area contributed by atoms with Crippen LogP contribution >= 0.6 is 0 Å². The molecule has 0 atom stereocenters. The van der Waals surface area contributed by atoms with Crippen molar-refractivity contribution in [2.75, 3.05) is 13.7 Å². The van der Waals surface area contributed by atoms with E-state index in [1.54, 1.807) is 38.4 Å². The first-order valence-electron chi connectivity index (χ1n) is 5.35. The lowest BCUT2D eigenvalue weighted by atomic mass is 10.1. The van der Waals surface area contributed by atoms with Gasteiger partial charge in [-0.1, -0.05) is 0 Å². The van der Waals surface area contributed by atoms with Gasteiger partial charge < -0.3 is 9.47 Å². The lowest BCUT2D eigenvalue weighted by Gasteiger charge is -2.04. The van der Waals surface area contributed by atoms with Crippen LogP contribution < -0.4 is 4.74 Å². The number of rotatable bonds is 3. The standard InChI is InChI=1S/C13H13NO3/c1-3-17-13(15)9-4-5-12-10(6-9)7-11(16-2)8-14-12/h4-8H,3H2,1-2H3. The van der Waals surface area contributed by atoms with Crippen LogP contribution in [0.15, 0.2) is 30.5 Å². The Hall–Kier alpha value is -2.10. The number of carbonyl (C=O) groups is 1. The molecule has 0 radical (unpaired) electrons. The average Bonchev–Trinajstić information content (AvgIpc) is 2.37. The van der Waals surface area contributed by atoms with Gasteiger partial charge in [0.1, 0.15) is 5.75 Å². The predicted molar refractivity (Wildman–Crippen MR) is 64.3 cm³/mol. The van der Waals surface area contributed by atoms with E-state index in [2.05, 4.69) is 4.98 Å². The number of hydrogen-bond donors (Lipinski definition) is 0. The highest BCUT2D eigenvalue weighted by Crippen LogP contribution is 2.19. The fourth-order valence-electron chi connectivity index (χ4n) is 1.56. The van der Waals surface area contributed by atoms with Crippen molar-refractivity contribution in [2.45, 2.75) is 6.92 Å². The second-order valence-electron chi connectivity index (χ2n) is 3.50. The minimum atomic E-state index is -0.322. The molecule has 4 heteroatoms. The van der Waals surface area contributed by atoms with E-state index in [9.17, 15) is 4.79 Å². The molecule has 2 aromatic rings. The summed E-state index contributed by atoms with van der Waals surface area (Å²) in [5, 5.41) is 0.856. The molecule has 1 heterocycles. The van der Waals surface area contributed by atoms with Crippen molar-refractivity contribution in [3.05, 3.63) is 36.0 Å². The van der Waals surface area contributed by atoms with Crippen LogP contribution in [0.2, 0.25) is 0 Å². The molecule has 0 aliphatic heterocycles. The maximum atomic E-state index is 11.6. The summed E-state index contributed by atoms with van der Waals surface area (Å²) in [6, 6.07) is 7.09. The van der Waals surface area contributed by atoms with E-state index in [1.807, 2.05) is 6.07 Å². The number of methoxy groups -OCH3 is 1. The maximum Gasteiger partial charge on any atom is 0.338 e. The van der Waals surface area contributed by atoms with E-state index in [0.717, 1.165) is 10.9 Å². The summed E-state index contributed by atoms with van der Waals surface area (Å²) in [6.07, 6.45) is 1.65. The highest BCUT2D eigenvalue weighted by molar-refractivity contribution is 5.94. The lowest BCUT2D eigenvalue weighted by Crippen LogP contribution is -2.04. The normalized spacial score (nSPS) is 10.2. The van der Waals surface area contributed by atoms with Crippen LogP contribution in [0.25, 0.3) is 10.9 Å². The van der Waals surface area contributed by atoms with Gasteiger partial charge in [0.2, 0.25) is 0 Å². The zero-order valence-electron chi connectivity index (χ0n) is 9.77. The van der Waals surface area contributed by atoms with Gasteiger partial charge in [0.15, 0.2) is 0 Å². The van der Waals surface area contributed by atoms with Gasteiger partial charge in [0.25, 0.3) is 0 Å². The number of esters is 1. The van der Waals surface area contributed by atoms with Gasteiger partial charge in [0.05, 0.1) is 31.0 Å². The van der Waals surface area contributed by atoms with E-state index in [1.165, 1.54) is 0 Å². The molecule has 17 heavy (non-hydrogen) atoms. The van der Waals surface area contributed by atoms with Crippen LogP contribution in [0.4, 0.5) is 0 Å². The molecule has 0 unspecified atom stereocenters. The van der Waals surface area contributed by atoms with E-state index in [4.69, 9.17) is 9.47 Å². The number of nitrogens with zero attached hydrogens (tertiary/aromatic N) is 1. The summed E-state index contributed by atoms with van der Waals surface area (Å²) in [5.41, 5.74) is 1.34. The Bertz CT molecular complexity index is 551. The molecule has 0 saturated heterocycles. The number of aromatic nitrogens is 1. The number of pyridine rings is 1. The van der Waals surface area contributed by atoms with Crippen molar-refractivity contribution >= 4 is 16.9 Å². The quantitative estimate of drug-likeness (QED) is 0.761. The number of hydrogen-bond acceptors (Lipinski definition) is 4. The van der Waals surface area contributed by atoms with E-state index >= 15 is 0 Å². The third kappa shape index (κ3) is 2.36. The Morgan fingerprint density at radius 3 is 2.88 bits per heavy atom. The van der Waals surface area contributed by atoms with Gasteiger partial charge >= 0.3 is 5.97 Å². The highest BCUT2D eigenvalue weighted by atomic mass is 16.5. The number of carbonyl (C=O) groups excluding carboxylic acids is 1. The van der Waals surface area contributed by atoms with Gasteiger partial charge in [-0.3, -0.25) is 4.98 Å². The SMILES string of the molecule is CCOC(=O)c1ccc2ncc(OC)cc2c1. The molecule has 88 valence electrons. The van der Waals surface area contributed by atoms with Crippen LogP contribution in [0, 0.1) is 0 Å². The summed E-state index contributed by atoms with van der Waals surface area (Å²) >= 11 is 0. The van der Waals surface area contributed by atoms with Crippen LogP contribution in [0.1, 0.15) is 17.3 Å². The minimum absolute atomic E-state index is 0.322. The Morgan fingerprint density at radius 2 is 2.18 bits per heavy atom. The number of benzene rings is 1. The molecule has 1 aromatic heterocycles. The summed E-state index contributed by atoms with van der Waals surface area (Å²) in [7, 11) is 1.58. The van der Waals surface area contributed by atoms with Crippen molar-refractivity contribution < 1.29 is 14.3 Å². The van der Waals surface area contributed by atoms with E-state index in [0.29, 0.717) is 17.9 Å². The molecule has 2 rings (SSSR count). The van der Waals surface area contributed by atoms with Crippen molar-refractivity contribution in [3.8, 4) is 5.75 Å². The smallest absolute Gasteiger partial charge is 0.338 e. The first-order valence-corrected chi connectivity index (χ1v) is 5.35. The Labute approximate surface area is 99.2 Å². The molecule has 4 nitrogen and oxygen atoms in total. The van der Waals surface area contributed by atoms with Crippen molar-refractivity contribution in [1.29, 1.82) is 0 Å². The largest absolute Gasteiger partial charge is 0.495 e. The highest BCUT2D eigenvalue weighted by Gasteiger charge is 2.07. The molecule has 0 aliphatic rings. The molecule has 0 saturated carbocycles. The van der Waals surface area contributed by atoms with E-state index < -0.39 is 0 Å². The zero-order chi connectivity index (χ0) is 12.3. The lowest BCUT2D eigenvalue weighted by molar-refractivity contribution is 0.0526. The second kappa shape index (κ2) is 4.82. The maximum absolute atomic E-state index is 11.6. The molecule has 0 bridgehead atoms. The van der Waals surface area contributed by atoms with Gasteiger partial charge in [-0.2, -0.15) is 0 Å². The topological polar surface area (TPSA) is 48.4 Å². The fourth-order valence-corrected chi connectivity index (χ4v) is 1.56. The summed E-state index contributed by atoms with van der Waals surface area (Å²) in [4.78, 5) is 15.8. The first kappa shape index (κ1) is 11.4. The molecule has 1 aromatic carbocycles. The van der Waals surface area contributed by atoms with Gasteiger partial charge in [-0.05, 0) is 31.2 Å². The molecular formula is C13H13NO3. The van der Waals surface area contributed by atoms with Gasteiger partial charge in [-0.25, -0.2) is 4.79 Å². The number of ether oxygens (including phenoxy) is 2. The minimum Gasteiger partial charge on any atom is -0.495 e. The molecule has 0 N–H and O–H groups in total. The van der Waals surface area contributed by atoms with Crippen LogP contribution in [0.5, 0.6) is 5.75 Å². The first-order chi connectivity index (χ1) is 8.24. The summed E-state index contributed by atoms with van der Waals surface area (Å²) < 4.78 is 10.0. The Morgan fingerprint density at radius 1 is 1.35 bits per heavy atom. The fraction of sp³-hybridized carbons (Fsp3) is 0.231. The van der Waals surface area contributed by atoms with Gasteiger partial charge in [0, 0.05) is 5.39 Å². The van der Waals surface area contributed by atoms with Crippen LogP contribution in [-0.2, 0) is 4.74 Å². The van der Waals surface area contributed by atoms with Crippen LogP contribution in [0.3, 0.4) is 0 Å². The third-order valence-corrected chi connectivity index (χ3v) is 2.40. The van der Waals surface area contributed by atoms with Crippen molar-refractivity contribution in [2.24, 2.45) is 0 Å². The van der Waals surface area contributed by atoms with Crippen LogP contribution in [-0.4, -0.2) is 24.7 Å². The monoisotopic (exact) mass is 231 g/mol. The van der Waals surface area contributed by atoms with Crippen molar-refractivity contribution in [1.82, 2.24) is 4.98 Å². The van der Waals surface area contributed by atoms with Crippen molar-refractivity contribution in [3.63, 3.8) is 0 Å². The van der Waals surface area contributed by atoms with Gasteiger partial charge in [-0.15, -0.1) is 0 Å². The predicted octanol–water partition coefficient (Wildman–Crippen LogP) is 2.42.